The van der Waals surface area contributed by atoms with Gasteiger partial charge in [0, 0.05) is 38.8 Å². The number of fused-ring (bicyclic) bond motifs is 6. The van der Waals surface area contributed by atoms with Crippen molar-refractivity contribution in [2.45, 2.75) is 19.3 Å². The summed E-state index contributed by atoms with van der Waals surface area (Å²) in [7, 11) is 0. The highest BCUT2D eigenvalue weighted by atomic mass is 16.3. The second-order valence-electron chi connectivity index (χ2n) is 11.4. The third-order valence-electron chi connectivity index (χ3n) is 8.64. The standard InChI is InChI=1S/C39H29NO/c1-39(2)32-21-13-12-20-30(32)37-33(39)25-35-38(36(37)26-14-6-3-7-15-26)31-24-29(22-23-34(31)41-35)40(27-16-8-4-9-17-27)28-18-10-5-11-19-28/h3-25H,1-2H3. The average Bonchev–Trinajstić information content (AvgIpc) is 3.50. The van der Waals surface area contributed by atoms with Crippen LogP contribution < -0.4 is 4.90 Å². The average molecular weight is 528 g/mol. The molecule has 0 N–H and O–H groups in total. The summed E-state index contributed by atoms with van der Waals surface area (Å²) < 4.78 is 6.66. The number of furan rings is 1. The monoisotopic (exact) mass is 527 g/mol. The molecule has 0 fully saturated rings. The van der Waals surface area contributed by atoms with E-state index in [-0.39, 0.29) is 5.41 Å². The Morgan fingerprint density at radius 3 is 1.80 bits per heavy atom. The van der Waals surface area contributed by atoms with Crippen LogP contribution >= 0.6 is 0 Å². The molecule has 196 valence electrons. The molecule has 6 aromatic carbocycles. The number of benzene rings is 6. The second-order valence-corrected chi connectivity index (χ2v) is 11.4. The summed E-state index contributed by atoms with van der Waals surface area (Å²) in [4.78, 5) is 2.31. The Morgan fingerprint density at radius 2 is 1.12 bits per heavy atom. The molecule has 8 rings (SSSR count). The van der Waals surface area contributed by atoms with Crippen molar-refractivity contribution in [1.29, 1.82) is 0 Å². The van der Waals surface area contributed by atoms with Crippen LogP contribution in [0.1, 0.15) is 25.0 Å². The van der Waals surface area contributed by atoms with Crippen molar-refractivity contribution in [3.05, 3.63) is 151 Å². The van der Waals surface area contributed by atoms with Gasteiger partial charge in [-0.2, -0.15) is 0 Å². The van der Waals surface area contributed by atoms with Gasteiger partial charge in [0.25, 0.3) is 0 Å². The minimum absolute atomic E-state index is 0.120. The number of hydrogen-bond donors (Lipinski definition) is 0. The summed E-state index contributed by atoms with van der Waals surface area (Å²) in [6, 6.07) is 49.7. The Bertz CT molecular complexity index is 2010. The Labute approximate surface area is 240 Å². The molecular formula is C39H29NO. The number of para-hydroxylation sites is 2. The molecular weight excluding hydrogens is 498 g/mol. The van der Waals surface area contributed by atoms with Gasteiger partial charge in [0.1, 0.15) is 11.2 Å². The zero-order valence-electron chi connectivity index (χ0n) is 23.1. The smallest absolute Gasteiger partial charge is 0.136 e. The summed E-state index contributed by atoms with van der Waals surface area (Å²) in [5.74, 6) is 0. The highest BCUT2D eigenvalue weighted by Gasteiger charge is 2.38. The third-order valence-corrected chi connectivity index (χ3v) is 8.64. The van der Waals surface area contributed by atoms with Crippen LogP contribution in [0.2, 0.25) is 0 Å². The molecule has 1 aromatic heterocycles. The molecule has 1 aliphatic rings. The summed E-state index contributed by atoms with van der Waals surface area (Å²) in [5, 5.41) is 2.29. The molecule has 0 unspecified atom stereocenters. The highest BCUT2D eigenvalue weighted by Crippen LogP contribution is 2.55. The molecule has 0 spiro atoms. The first-order valence-electron chi connectivity index (χ1n) is 14.2. The molecule has 2 heteroatoms. The molecule has 0 atom stereocenters. The Balaban J connectivity index is 1.47. The van der Waals surface area contributed by atoms with Gasteiger partial charge >= 0.3 is 0 Å². The van der Waals surface area contributed by atoms with Crippen molar-refractivity contribution in [2.24, 2.45) is 0 Å². The van der Waals surface area contributed by atoms with Gasteiger partial charge < -0.3 is 9.32 Å². The highest BCUT2D eigenvalue weighted by molar-refractivity contribution is 6.18. The van der Waals surface area contributed by atoms with E-state index in [2.05, 4.69) is 158 Å². The minimum Gasteiger partial charge on any atom is -0.456 e. The van der Waals surface area contributed by atoms with E-state index < -0.39 is 0 Å². The van der Waals surface area contributed by atoms with Gasteiger partial charge in [-0.3, -0.25) is 0 Å². The van der Waals surface area contributed by atoms with E-state index in [4.69, 9.17) is 4.42 Å². The molecule has 1 aliphatic carbocycles. The minimum atomic E-state index is -0.120. The van der Waals surface area contributed by atoms with Gasteiger partial charge in [-0.15, -0.1) is 0 Å². The molecule has 2 nitrogen and oxygen atoms in total. The molecule has 0 saturated heterocycles. The predicted octanol–water partition coefficient (Wildman–Crippen LogP) is 11.0. The van der Waals surface area contributed by atoms with Crippen LogP contribution in [0.4, 0.5) is 17.1 Å². The van der Waals surface area contributed by atoms with E-state index in [0.717, 1.165) is 33.6 Å². The second kappa shape index (κ2) is 8.97. The lowest BCUT2D eigenvalue weighted by molar-refractivity contribution is 0.647. The molecule has 0 bridgehead atoms. The van der Waals surface area contributed by atoms with Crippen molar-refractivity contribution >= 4 is 39.0 Å². The topological polar surface area (TPSA) is 16.4 Å². The van der Waals surface area contributed by atoms with E-state index in [1.54, 1.807) is 0 Å². The summed E-state index contributed by atoms with van der Waals surface area (Å²) in [6.45, 7) is 4.66. The van der Waals surface area contributed by atoms with Crippen LogP contribution in [0.5, 0.6) is 0 Å². The lowest BCUT2D eigenvalue weighted by Gasteiger charge is -2.25. The summed E-state index contributed by atoms with van der Waals surface area (Å²) in [6.07, 6.45) is 0. The maximum atomic E-state index is 6.66. The van der Waals surface area contributed by atoms with Crippen molar-refractivity contribution in [3.8, 4) is 22.3 Å². The van der Waals surface area contributed by atoms with E-state index >= 15 is 0 Å². The number of rotatable bonds is 4. The van der Waals surface area contributed by atoms with Gasteiger partial charge in [0.15, 0.2) is 0 Å². The first-order chi connectivity index (χ1) is 20.1. The van der Waals surface area contributed by atoms with Crippen LogP contribution in [0.3, 0.4) is 0 Å². The quantitative estimate of drug-likeness (QED) is 0.226. The largest absolute Gasteiger partial charge is 0.456 e. The maximum Gasteiger partial charge on any atom is 0.136 e. The zero-order chi connectivity index (χ0) is 27.6. The van der Waals surface area contributed by atoms with Gasteiger partial charge in [0.05, 0.1) is 0 Å². The lowest BCUT2D eigenvalue weighted by atomic mass is 9.81. The van der Waals surface area contributed by atoms with Gasteiger partial charge in [-0.1, -0.05) is 105 Å². The van der Waals surface area contributed by atoms with Gasteiger partial charge in [0.2, 0.25) is 0 Å². The molecule has 0 aliphatic heterocycles. The van der Waals surface area contributed by atoms with Crippen LogP contribution in [0.25, 0.3) is 44.2 Å². The van der Waals surface area contributed by atoms with Gasteiger partial charge in [-0.25, -0.2) is 0 Å². The van der Waals surface area contributed by atoms with Gasteiger partial charge in [-0.05, 0) is 76.3 Å². The van der Waals surface area contributed by atoms with Crippen molar-refractivity contribution in [1.82, 2.24) is 0 Å². The van der Waals surface area contributed by atoms with E-state index in [9.17, 15) is 0 Å². The molecule has 0 amide bonds. The Hall–Kier alpha value is -5.08. The first kappa shape index (κ1) is 23.8. The first-order valence-corrected chi connectivity index (χ1v) is 14.2. The van der Waals surface area contributed by atoms with E-state index in [0.29, 0.717) is 0 Å². The fraction of sp³-hybridized carbons (Fsp3) is 0.0769. The number of nitrogens with zero attached hydrogens (tertiary/aromatic N) is 1. The van der Waals surface area contributed by atoms with Crippen LogP contribution in [0.15, 0.2) is 144 Å². The van der Waals surface area contributed by atoms with Crippen molar-refractivity contribution in [2.75, 3.05) is 4.90 Å². The zero-order valence-corrected chi connectivity index (χ0v) is 23.1. The third kappa shape index (κ3) is 3.57. The number of anilines is 3. The van der Waals surface area contributed by atoms with E-state index in [1.165, 1.54) is 38.8 Å². The lowest BCUT2D eigenvalue weighted by Crippen LogP contribution is -2.14. The van der Waals surface area contributed by atoms with Crippen LogP contribution in [0, 0.1) is 0 Å². The Morgan fingerprint density at radius 1 is 0.512 bits per heavy atom. The SMILES string of the molecule is CC1(C)c2ccccc2-c2c1cc1oc3ccc(N(c4ccccc4)c4ccccc4)cc3c1c2-c1ccccc1. The Kier molecular flexibility index (Phi) is 5.20. The molecule has 7 aromatic rings. The summed E-state index contributed by atoms with van der Waals surface area (Å²) >= 11 is 0. The van der Waals surface area contributed by atoms with Crippen LogP contribution in [-0.2, 0) is 5.41 Å². The fourth-order valence-electron chi connectivity index (χ4n) is 6.72. The van der Waals surface area contributed by atoms with Crippen molar-refractivity contribution in [3.63, 3.8) is 0 Å². The molecule has 0 radical (unpaired) electrons. The predicted molar refractivity (Wildman–Crippen MR) is 171 cm³/mol. The summed E-state index contributed by atoms with van der Waals surface area (Å²) in [5.41, 5.74) is 12.8. The van der Waals surface area contributed by atoms with Crippen LogP contribution in [-0.4, -0.2) is 0 Å². The number of hydrogen-bond acceptors (Lipinski definition) is 2. The molecule has 1 heterocycles. The van der Waals surface area contributed by atoms with E-state index in [1.807, 2.05) is 0 Å². The maximum absolute atomic E-state index is 6.66. The normalized spacial score (nSPS) is 13.3. The molecule has 0 saturated carbocycles. The fourth-order valence-corrected chi connectivity index (χ4v) is 6.72. The molecule has 41 heavy (non-hydrogen) atoms. The van der Waals surface area contributed by atoms with Crippen molar-refractivity contribution < 1.29 is 4.42 Å².